The summed E-state index contributed by atoms with van der Waals surface area (Å²) in [5.41, 5.74) is 11.4. The van der Waals surface area contributed by atoms with E-state index in [2.05, 4.69) is 9.97 Å². The van der Waals surface area contributed by atoms with E-state index in [-0.39, 0.29) is 11.8 Å². The zero-order chi connectivity index (χ0) is 17.5. The van der Waals surface area contributed by atoms with Crippen LogP contribution < -0.4 is 16.2 Å². The molecular formula is C17H16F2N4O. The van der Waals surface area contributed by atoms with Gasteiger partial charge in [0.15, 0.2) is 0 Å². The lowest BCUT2D eigenvalue weighted by molar-refractivity contribution is 0.110. The summed E-state index contributed by atoms with van der Waals surface area (Å²) in [4.78, 5) is 8.05. The molecule has 3 rings (SSSR count). The van der Waals surface area contributed by atoms with Crippen LogP contribution in [-0.4, -0.2) is 9.97 Å². The van der Waals surface area contributed by atoms with E-state index in [1.165, 1.54) is 12.1 Å². The maximum Gasteiger partial charge on any atom is 0.222 e. The third kappa shape index (κ3) is 2.92. The monoisotopic (exact) mass is 330 g/mol. The van der Waals surface area contributed by atoms with Crippen LogP contribution >= 0.6 is 0 Å². The van der Waals surface area contributed by atoms with Crippen LogP contribution in [-0.2, 0) is 5.60 Å². The molecule has 0 bridgehead atoms. The molecule has 3 aromatic rings. The smallest absolute Gasteiger partial charge is 0.222 e. The normalized spacial score (nSPS) is 11.7. The van der Waals surface area contributed by atoms with Crippen LogP contribution in [0.4, 0.5) is 20.5 Å². The fourth-order valence-corrected chi connectivity index (χ4v) is 2.52. The molecule has 0 aliphatic rings. The highest BCUT2D eigenvalue weighted by Gasteiger charge is 2.26. The Morgan fingerprint density at radius 1 is 1.00 bits per heavy atom. The molecule has 0 fully saturated rings. The lowest BCUT2D eigenvalue weighted by atomic mass is 9.97. The Balaban J connectivity index is 2.08. The molecule has 1 aromatic heterocycles. The summed E-state index contributed by atoms with van der Waals surface area (Å²) in [6.45, 7) is 3.41. The van der Waals surface area contributed by atoms with Gasteiger partial charge in [0, 0.05) is 11.6 Å². The van der Waals surface area contributed by atoms with Crippen molar-refractivity contribution < 1.29 is 13.5 Å². The van der Waals surface area contributed by atoms with E-state index >= 15 is 0 Å². The van der Waals surface area contributed by atoms with Gasteiger partial charge in [0.2, 0.25) is 5.95 Å². The van der Waals surface area contributed by atoms with Crippen molar-refractivity contribution in [3.63, 3.8) is 0 Å². The van der Waals surface area contributed by atoms with Gasteiger partial charge >= 0.3 is 0 Å². The minimum absolute atomic E-state index is 0.0589. The Hall–Kier alpha value is -2.96. The van der Waals surface area contributed by atoms with Crippen LogP contribution in [0.5, 0.6) is 5.75 Å². The van der Waals surface area contributed by atoms with Crippen molar-refractivity contribution in [2.24, 2.45) is 0 Å². The molecular weight excluding hydrogens is 314 g/mol. The summed E-state index contributed by atoms with van der Waals surface area (Å²) in [7, 11) is 0. The quantitative estimate of drug-likeness (QED) is 0.768. The first kappa shape index (κ1) is 15.9. The van der Waals surface area contributed by atoms with Crippen molar-refractivity contribution in [3.05, 3.63) is 53.6 Å². The van der Waals surface area contributed by atoms with Crippen molar-refractivity contribution in [2.45, 2.75) is 19.4 Å². The van der Waals surface area contributed by atoms with E-state index in [1.807, 2.05) is 0 Å². The van der Waals surface area contributed by atoms with Crippen molar-refractivity contribution in [1.29, 1.82) is 0 Å². The second kappa shape index (κ2) is 5.59. The third-order valence-corrected chi connectivity index (χ3v) is 3.65. The number of rotatable bonds is 3. The molecule has 0 aliphatic carbocycles. The number of nitrogens with zero attached hydrogens (tertiary/aromatic N) is 2. The predicted octanol–water partition coefficient (Wildman–Crippen LogP) is 3.39. The van der Waals surface area contributed by atoms with Crippen LogP contribution in [0.25, 0.3) is 10.9 Å². The molecule has 0 radical (unpaired) electrons. The molecule has 0 amide bonds. The molecule has 0 spiro atoms. The fourth-order valence-electron chi connectivity index (χ4n) is 2.52. The molecule has 1 heterocycles. The topological polar surface area (TPSA) is 87.0 Å². The van der Waals surface area contributed by atoms with Crippen LogP contribution in [0.1, 0.15) is 19.4 Å². The van der Waals surface area contributed by atoms with E-state index in [4.69, 9.17) is 16.2 Å². The zero-order valence-corrected chi connectivity index (χ0v) is 13.2. The minimum Gasteiger partial charge on any atom is -0.482 e. The number of anilines is 2. The van der Waals surface area contributed by atoms with Crippen molar-refractivity contribution in [1.82, 2.24) is 9.97 Å². The first-order chi connectivity index (χ1) is 11.3. The summed E-state index contributed by atoms with van der Waals surface area (Å²) < 4.78 is 33.0. The van der Waals surface area contributed by atoms with Crippen LogP contribution in [0.15, 0.2) is 36.4 Å². The van der Waals surface area contributed by atoms with E-state index in [0.29, 0.717) is 22.2 Å². The Morgan fingerprint density at radius 3 is 2.33 bits per heavy atom. The average molecular weight is 330 g/mol. The van der Waals surface area contributed by atoms with Gasteiger partial charge in [-0.15, -0.1) is 0 Å². The van der Waals surface area contributed by atoms with Crippen molar-refractivity contribution >= 4 is 22.7 Å². The molecule has 7 heteroatoms. The van der Waals surface area contributed by atoms with Gasteiger partial charge in [0.05, 0.1) is 10.9 Å². The second-order valence-corrected chi connectivity index (χ2v) is 5.89. The summed E-state index contributed by atoms with van der Waals surface area (Å²) >= 11 is 0. The molecule has 124 valence electrons. The Bertz CT molecular complexity index is 908. The van der Waals surface area contributed by atoms with Crippen LogP contribution in [0, 0.1) is 11.6 Å². The number of nitrogen functional groups attached to an aromatic ring is 2. The molecule has 0 atom stereocenters. The van der Waals surface area contributed by atoms with E-state index in [9.17, 15) is 8.78 Å². The van der Waals surface area contributed by atoms with Gasteiger partial charge in [-0.25, -0.2) is 13.8 Å². The average Bonchev–Trinajstić information content (AvgIpc) is 2.45. The predicted molar refractivity (Wildman–Crippen MR) is 88.4 cm³/mol. The first-order valence-electron chi connectivity index (χ1n) is 7.23. The molecule has 24 heavy (non-hydrogen) atoms. The summed E-state index contributed by atoms with van der Waals surface area (Å²) in [6, 6.07) is 8.41. The number of benzene rings is 2. The van der Waals surface area contributed by atoms with Crippen molar-refractivity contribution in [2.75, 3.05) is 11.5 Å². The number of aromatic nitrogens is 2. The SMILES string of the molecule is CC(C)(Oc1cccc2nc(N)nc(N)c12)c1cc(F)cc(F)c1. The zero-order valence-electron chi connectivity index (χ0n) is 13.2. The molecule has 0 aliphatic heterocycles. The Kier molecular flexibility index (Phi) is 3.71. The Labute approximate surface area is 137 Å². The van der Waals surface area contributed by atoms with Gasteiger partial charge in [-0.3, -0.25) is 0 Å². The van der Waals surface area contributed by atoms with Gasteiger partial charge in [-0.1, -0.05) is 6.07 Å². The van der Waals surface area contributed by atoms with Gasteiger partial charge in [0.1, 0.15) is 28.8 Å². The molecule has 0 saturated heterocycles. The molecule has 2 aromatic carbocycles. The number of halogens is 2. The summed E-state index contributed by atoms with van der Waals surface area (Å²) in [6.07, 6.45) is 0. The number of ether oxygens (including phenoxy) is 1. The number of hydrogen-bond acceptors (Lipinski definition) is 5. The molecule has 0 saturated carbocycles. The van der Waals surface area contributed by atoms with Crippen LogP contribution in [0.3, 0.4) is 0 Å². The first-order valence-corrected chi connectivity index (χ1v) is 7.23. The van der Waals surface area contributed by atoms with Crippen LogP contribution in [0.2, 0.25) is 0 Å². The molecule has 5 nitrogen and oxygen atoms in total. The fraction of sp³-hybridized carbons (Fsp3) is 0.176. The van der Waals surface area contributed by atoms with Gasteiger partial charge in [-0.05, 0) is 38.1 Å². The molecule has 4 N–H and O–H groups in total. The van der Waals surface area contributed by atoms with E-state index < -0.39 is 17.2 Å². The number of hydrogen-bond donors (Lipinski definition) is 2. The lowest BCUT2D eigenvalue weighted by Gasteiger charge is -2.28. The lowest BCUT2D eigenvalue weighted by Crippen LogP contribution is -2.26. The van der Waals surface area contributed by atoms with E-state index in [0.717, 1.165) is 6.07 Å². The minimum atomic E-state index is -1.01. The van der Waals surface area contributed by atoms with Gasteiger partial charge in [0.25, 0.3) is 0 Å². The standard InChI is InChI=1S/C17H16F2N4O/c1-17(2,9-6-10(18)8-11(19)7-9)24-13-5-3-4-12-14(13)15(20)23-16(21)22-12/h3-8H,1-2H3,(H4,20,21,22,23). The highest BCUT2D eigenvalue weighted by molar-refractivity contribution is 5.94. The van der Waals surface area contributed by atoms with Gasteiger partial charge in [-0.2, -0.15) is 4.98 Å². The maximum atomic E-state index is 13.5. The third-order valence-electron chi connectivity index (χ3n) is 3.65. The summed E-state index contributed by atoms with van der Waals surface area (Å²) in [5, 5.41) is 0.497. The highest BCUT2D eigenvalue weighted by Crippen LogP contribution is 2.35. The van der Waals surface area contributed by atoms with Crippen molar-refractivity contribution in [3.8, 4) is 5.75 Å². The number of nitrogens with two attached hydrogens (primary N) is 2. The largest absolute Gasteiger partial charge is 0.482 e. The summed E-state index contributed by atoms with van der Waals surface area (Å²) in [5.74, 6) is -0.706. The Morgan fingerprint density at radius 2 is 1.67 bits per heavy atom. The van der Waals surface area contributed by atoms with Gasteiger partial charge < -0.3 is 16.2 Å². The number of fused-ring (bicyclic) bond motifs is 1. The second-order valence-electron chi connectivity index (χ2n) is 5.89. The maximum absolute atomic E-state index is 13.5. The highest BCUT2D eigenvalue weighted by atomic mass is 19.1. The molecule has 0 unspecified atom stereocenters. The van der Waals surface area contributed by atoms with E-state index in [1.54, 1.807) is 32.0 Å².